The van der Waals surface area contributed by atoms with E-state index < -0.39 is 0 Å². The molecule has 2 bridgehead atoms. The van der Waals surface area contributed by atoms with Crippen LogP contribution in [0.2, 0.25) is 0 Å². The Bertz CT molecular complexity index is 576. The minimum atomic E-state index is 0.116. The minimum Gasteiger partial charge on any atom is -0.375 e. The number of ether oxygens (including phenoxy) is 1. The summed E-state index contributed by atoms with van der Waals surface area (Å²) in [4.78, 5) is 16.7. The Balaban J connectivity index is 1.13. The SMILES string of the molecule is CN(CCCCNC(=O)N1CC2C3CCC(O3)C2C1)c1ccccc1. The van der Waals surface area contributed by atoms with Crippen LogP contribution in [0.5, 0.6) is 0 Å². The number of nitrogens with one attached hydrogen (secondary N) is 1. The van der Waals surface area contributed by atoms with Crippen LogP contribution in [-0.4, -0.2) is 56.4 Å². The Kier molecular flexibility index (Phi) is 4.84. The molecule has 3 saturated heterocycles. The second kappa shape index (κ2) is 7.24. The van der Waals surface area contributed by atoms with Crippen molar-refractivity contribution in [2.75, 3.05) is 38.1 Å². The monoisotopic (exact) mass is 343 g/mol. The molecule has 4 rings (SSSR count). The van der Waals surface area contributed by atoms with Gasteiger partial charge in [-0.1, -0.05) is 18.2 Å². The standard InChI is InChI=1S/C20H29N3O2/c1-22(15-7-3-2-4-8-15)12-6-5-11-21-20(24)23-13-16-17(14-23)19-10-9-18(16)25-19/h2-4,7-8,16-19H,5-6,9-14H2,1H3,(H,21,24). The lowest BCUT2D eigenvalue weighted by atomic mass is 9.82. The van der Waals surface area contributed by atoms with Gasteiger partial charge >= 0.3 is 6.03 Å². The zero-order valence-corrected chi connectivity index (χ0v) is 15.1. The van der Waals surface area contributed by atoms with Crippen molar-refractivity contribution in [1.29, 1.82) is 0 Å². The molecule has 2 amide bonds. The molecule has 0 radical (unpaired) electrons. The number of anilines is 1. The third-order valence-corrected chi connectivity index (χ3v) is 6.13. The zero-order valence-electron chi connectivity index (χ0n) is 15.1. The van der Waals surface area contributed by atoms with Crippen LogP contribution < -0.4 is 10.2 Å². The van der Waals surface area contributed by atoms with E-state index in [-0.39, 0.29) is 6.03 Å². The van der Waals surface area contributed by atoms with Gasteiger partial charge in [0.25, 0.3) is 0 Å². The van der Waals surface area contributed by atoms with Gasteiger partial charge in [0.1, 0.15) is 0 Å². The number of carbonyl (C=O) groups is 1. The molecule has 0 aliphatic carbocycles. The normalized spacial score (nSPS) is 29.7. The fourth-order valence-electron chi connectivity index (χ4n) is 4.72. The molecule has 1 aromatic rings. The van der Waals surface area contributed by atoms with Gasteiger partial charge in [0, 0.05) is 50.7 Å². The lowest BCUT2D eigenvalue weighted by Crippen LogP contribution is -2.40. The molecule has 1 N–H and O–H groups in total. The number of urea groups is 1. The first kappa shape index (κ1) is 16.7. The van der Waals surface area contributed by atoms with Crippen LogP contribution >= 0.6 is 0 Å². The largest absolute Gasteiger partial charge is 0.375 e. The average Bonchev–Trinajstić information content (AvgIpc) is 3.34. The number of rotatable bonds is 6. The number of hydrogen-bond acceptors (Lipinski definition) is 3. The van der Waals surface area contributed by atoms with Gasteiger partial charge in [0.05, 0.1) is 12.2 Å². The summed E-state index contributed by atoms with van der Waals surface area (Å²) in [6.45, 7) is 3.54. The molecule has 4 unspecified atom stereocenters. The van der Waals surface area contributed by atoms with E-state index in [4.69, 9.17) is 4.74 Å². The summed E-state index contributed by atoms with van der Waals surface area (Å²) in [5.74, 6) is 1.17. The van der Waals surface area contributed by atoms with Crippen molar-refractivity contribution in [3.05, 3.63) is 30.3 Å². The Labute approximate surface area is 150 Å². The quantitative estimate of drug-likeness (QED) is 0.808. The molecule has 0 aromatic heterocycles. The summed E-state index contributed by atoms with van der Waals surface area (Å²) in [5, 5.41) is 3.11. The van der Waals surface area contributed by atoms with Crippen LogP contribution in [-0.2, 0) is 4.74 Å². The van der Waals surface area contributed by atoms with Gasteiger partial charge in [-0.15, -0.1) is 0 Å². The third kappa shape index (κ3) is 3.47. The Hall–Kier alpha value is -1.75. The van der Waals surface area contributed by atoms with Gasteiger partial charge in [0.15, 0.2) is 0 Å². The Morgan fingerprint density at radius 1 is 1.16 bits per heavy atom. The van der Waals surface area contributed by atoms with E-state index in [0.29, 0.717) is 24.0 Å². The molecular weight excluding hydrogens is 314 g/mol. The van der Waals surface area contributed by atoms with E-state index in [2.05, 4.69) is 41.5 Å². The predicted octanol–water partition coefficient (Wildman–Crippen LogP) is 2.72. The van der Waals surface area contributed by atoms with Crippen molar-refractivity contribution in [1.82, 2.24) is 10.2 Å². The molecule has 1 aromatic carbocycles. The van der Waals surface area contributed by atoms with E-state index >= 15 is 0 Å². The first-order valence-corrected chi connectivity index (χ1v) is 9.67. The molecule has 3 aliphatic heterocycles. The number of para-hydroxylation sites is 1. The molecule has 5 heteroatoms. The first-order valence-electron chi connectivity index (χ1n) is 9.67. The summed E-state index contributed by atoms with van der Waals surface area (Å²) in [5.41, 5.74) is 1.24. The summed E-state index contributed by atoms with van der Waals surface area (Å²) < 4.78 is 5.98. The highest BCUT2D eigenvalue weighted by Gasteiger charge is 2.53. The maximum atomic E-state index is 12.4. The lowest BCUT2D eigenvalue weighted by Gasteiger charge is -2.20. The Morgan fingerprint density at radius 2 is 1.84 bits per heavy atom. The highest BCUT2D eigenvalue weighted by Crippen LogP contribution is 2.47. The molecule has 4 atom stereocenters. The number of amides is 2. The topological polar surface area (TPSA) is 44.8 Å². The van der Waals surface area contributed by atoms with Gasteiger partial charge in [0.2, 0.25) is 0 Å². The maximum Gasteiger partial charge on any atom is 0.317 e. The number of hydrogen-bond donors (Lipinski definition) is 1. The van der Waals surface area contributed by atoms with Crippen molar-refractivity contribution in [3.63, 3.8) is 0 Å². The van der Waals surface area contributed by atoms with Crippen molar-refractivity contribution in [3.8, 4) is 0 Å². The molecule has 3 fully saturated rings. The second-order valence-electron chi connectivity index (χ2n) is 7.72. The number of benzene rings is 1. The van der Waals surface area contributed by atoms with Crippen LogP contribution in [0, 0.1) is 11.8 Å². The molecule has 5 nitrogen and oxygen atoms in total. The van der Waals surface area contributed by atoms with Crippen molar-refractivity contribution >= 4 is 11.7 Å². The van der Waals surface area contributed by atoms with Crippen LogP contribution in [0.3, 0.4) is 0 Å². The smallest absolute Gasteiger partial charge is 0.317 e. The summed E-state index contributed by atoms with van der Waals surface area (Å²) in [6.07, 6.45) is 5.31. The van der Waals surface area contributed by atoms with Crippen LogP contribution in [0.1, 0.15) is 25.7 Å². The third-order valence-electron chi connectivity index (χ3n) is 6.13. The summed E-state index contributed by atoms with van der Waals surface area (Å²) in [7, 11) is 2.12. The minimum absolute atomic E-state index is 0.116. The molecule has 0 spiro atoms. The van der Waals surface area contributed by atoms with Crippen molar-refractivity contribution in [2.24, 2.45) is 11.8 Å². The average molecular weight is 343 g/mol. The predicted molar refractivity (Wildman–Crippen MR) is 98.8 cm³/mol. The van der Waals surface area contributed by atoms with Crippen molar-refractivity contribution < 1.29 is 9.53 Å². The molecule has 25 heavy (non-hydrogen) atoms. The van der Waals surface area contributed by atoms with E-state index in [1.54, 1.807) is 0 Å². The van der Waals surface area contributed by atoms with Gasteiger partial charge in [-0.25, -0.2) is 4.79 Å². The molecule has 136 valence electrons. The van der Waals surface area contributed by atoms with E-state index in [1.165, 1.54) is 18.5 Å². The molecule has 3 heterocycles. The molecular formula is C20H29N3O2. The van der Waals surface area contributed by atoms with Gasteiger partial charge < -0.3 is 19.9 Å². The molecule has 3 aliphatic rings. The summed E-state index contributed by atoms with van der Waals surface area (Å²) >= 11 is 0. The van der Waals surface area contributed by atoms with Gasteiger partial charge in [-0.2, -0.15) is 0 Å². The maximum absolute atomic E-state index is 12.4. The second-order valence-corrected chi connectivity index (χ2v) is 7.72. The highest BCUT2D eigenvalue weighted by molar-refractivity contribution is 5.74. The Morgan fingerprint density at radius 3 is 2.52 bits per heavy atom. The van der Waals surface area contributed by atoms with Crippen LogP contribution in [0.15, 0.2) is 30.3 Å². The van der Waals surface area contributed by atoms with E-state index in [9.17, 15) is 4.79 Å². The zero-order chi connectivity index (χ0) is 17.2. The summed E-state index contributed by atoms with van der Waals surface area (Å²) in [6, 6.07) is 10.5. The van der Waals surface area contributed by atoms with Crippen LogP contribution in [0.4, 0.5) is 10.5 Å². The van der Waals surface area contributed by atoms with Crippen LogP contribution in [0.25, 0.3) is 0 Å². The van der Waals surface area contributed by atoms with Gasteiger partial charge in [-0.05, 0) is 37.8 Å². The number of unbranched alkanes of at least 4 members (excludes halogenated alkanes) is 1. The first-order chi connectivity index (χ1) is 12.2. The number of nitrogens with zero attached hydrogens (tertiary/aromatic N) is 2. The van der Waals surface area contributed by atoms with Crippen molar-refractivity contribution in [2.45, 2.75) is 37.9 Å². The fourth-order valence-corrected chi connectivity index (χ4v) is 4.72. The van der Waals surface area contributed by atoms with E-state index in [1.807, 2.05) is 11.0 Å². The number of likely N-dealkylation sites (tertiary alicyclic amines) is 1. The number of carbonyl (C=O) groups excluding carboxylic acids is 1. The highest BCUT2D eigenvalue weighted by atomic mass is 16.5. The van der Waals surface area contributed by atoms with Gasteiger partial charge in [-0.3, -0.25) is 0 Å². The van der Waals surface area contributed by atoms with E-state index in [0.717, 1.165) is 39.0 Å². The fraction of sp³-hybridized carbons (Fsp3) is 0.650. The number of fused-ring (bicyclic) bond motifs is 5. The molecule has 0 saturated carbocycles. The lowest BCUT2D eigenvalue weighted by molar-refractivity contribution is 0.0739.